The van der Waals surface area contributed by atoms with E-state index in [9.17, 15) is 18.0 Å². The number of hydrogen-bond donors (Lipinski definition) is 2. The van der Waals surface area contributed by atoms with E-state index in [1.165, 1.54) is 30.5 Å². The van der Waals surface area contributed by atoms with Gasteiger partial charge in [0.2, 0.25) is 5.89 Å². The molecule has 2 N–H and O–H groups in total. The van der Waals surface area contributed by atoms with Crippen LogP contribution in [0.15, 0.2) is 45.7 Å². The van der Waals surface area contributed by atoms with E-state index in [0.717, 1.165) is 37.7 Å². The predicted molar refractivity (Wildman–Crippen MR) is 112 cm³/mol. The second-order valence-corrected chi connectivity index (χ2v) is 7.36. The number of halogens is 4. The topological polar surface area (TPSA) is 101 Å². The van der Waals surface area contributed by atoms with E-state index in [4.69, 9.17) is 4.42 Å². The molecule has 168 valence electrons. The maximum atomic E-state index is 13.3. The summed E-state index contributed by atoms with van der Waals surface area (Å²) >= 11 is 0. The van der Waals surface area contributed by atoms with E-state index in [1.807, 2.05) is 0 Å². The van der Waals surface area contributed by atoms with Crippen molar-refractivity contribution < 1.29 is 17.6 Å². The van der Waals surface area contributed by atoms with Gasteiger partial charge in [-0.1, -0.05) is 12.1 Å². The summed E-state index contributed by atoms with van der Waals surface area (Å²) in [6.07, 6.45) is -1.37. The molecule has 1 fully saturated rings. The molecule has 32 heavy (non-hydrogen) atoms. The van der Waals surface area contributed by atoms with Crippen molar-refractivity contribution in [3.63, 3.8) is 0 Å². The number of piperidine rings is 1. The lowest BCUT2D eigenvalue weighted by Crippen LogP contribution is -2.28. The minimum absolute atomic E-state index is 0. The fourth-order valence-corrected chi connectivity index (χ4v) is 3.94. The van der Waals surface area contributed by atoms with Crippen LogP contribution in [0.2, 0.25) is 0 Å². The molecule has 1 aromatic carbocycles. The Morgan fingerprint density at radius 3 is 2.47 bits per heavy atom. The maximum absolute atomic E-state index is 13.3. The van der Waals surface area contributed by atoms with Gasteiger partial charge in [0, 0.05) is 12.0 Å². The molecule has 4 aromatic rings. The largest absolute Gasteiger partial charge is 0.417 e. The minimum Gasteiger partial charge on any atom is -0.416 e. The Hall–Kier alpha value is -3.18. The van der Waals surface area contributed by atoms with Crippen molar-refractivity contribution in [1.82, 2.24) is 30.1 Å². The van der Waals surface area contributed by atoms with Crippen molar-refractivity contribution in [2.75, 3.05) is 13.1 Å². The monoisotopic (exact) mass is 466 g/mol. The Labute approximate surface area is 185 Å². The highest BCUT2D eigenvalue weighted by Crippen LogP contribution is 2.37. The van der Waals surface area contributed by atoms with Crippen LogP contribution in [0.25, 0.3) is 28.6 Å². The lowest BCUT2D eigenvalue weighted by atomic mass is 9.94. The first-order valence-corrected chi connectivity index (χ1v) is 9.74. The first kappa shape index (κ1) is 22.0. The normalized spacial score (nSPS) is 15.1. The third-order valence-electron chi connectivity index (χ3n) is 5.41. The number of aromatic amines is 1. The van der Waals surface area contributed by atoms with E-state index >= 15 is 0 Å². The molecule has 12 heteroatoms. The van der Waals surface area contributed by atoms with Crippen LogP contribution in [-0.4, -0.2) is 37.9 Å². The smallest absolute Gasteiger partial charge is 0.416 e. The molecule has 1 aliphatic rings. The summed E-state index contributed by atoms with van der Waals surface area (Å²) in [4.78, 5) is 15.0. The summed E-state index contributed by atoms with van der Waals surface area (Å²) in [5.74, 6) is -0.130. The van der Waals surface area contributed by atoms with Gasteiger partial charge in [-0.05, 0) is 38.1 Å². The average Bonchev–Trinajstić information content (AvgIpc) is 3.40. The molecule has 0 unspecified atom stereocenters. The van der Waals surface area contributed by atoms with Gasteiger partial charge >= 0.3 is 6.18 Å². The number of benzene rings is 1. The van der Waals surface area contributed by atoms with Crippen molar-refractivity contribution in [2.24, 2.45) is 0 Å². The number of alkyl halides is 3. The van der Waals surface area contributed by atoms with Gasteiger partial charge in [0.05, 0.1) is 23.0 Å². The van der Waals surface area contributed by atoms with Gasteiger partial charge in [0.15, 0.2) is 0 Å². The zero-order valence-corrected chi connectivity index (χ0v) is 17.3. The number of nitrogens with zero attached hydrogens (tertiary/aromatic N) is 4. The van der Waals surface area contributed by atoms with Gasteiger partial charge in [0.25, 0.3) is 11.4 Å². The lowest BCUT2D eigenvalue weighted by Gasteiger charge is -2.23. The fraction of sp³-hybridized carbons (Fsp3) is 0.300. The van der Waals surface area contributed by atoms with E-state index in [1.54, 1.807) is 4.52 Å². The molecule has 0 radical (unpaired) electrons. The van der Waals surface area contributed by atoms with Crippen molar-refractivity contribution in [3.8, 4) is 22.9 Å². The highest BCUT2D eigenvalue weighted by Gasteiger charge is 2.35. The molecular formula is C20H18ClF3N6O2. The van der Waals surface area contributed by atoms with Crippen molar-refractivity contribution in [1.29, 1.82) is 0 Å². The zero-order valence-electron chi connectivity index (χ0n) is 16.5. The SMILES string of the molecule is Cl.O=c1cc(C2CCNCC2)n2ncc(-c3nnc(-c4ccccc4C(F)(F)F)o3)c2[nH]1. The highest BCUT2D eigenvalue weighted by molar-refractivity contribution is 5.85. The van der Waals surface area contributed by atoms with Crippen LogP contribution < -0.4 is 10.9 Å². The van der Waals surface area contributed by atoms with E-state index in [-0.39, 0.29) is 41.2 Å². The van der Waals surface area contributed by atoms with Crippen molar-refractivity contribution in [2.45, 2.75) is 24.9 Å². The third-order valence-corrected chi connectivity index (χ3v) is 5.41. The molecule has 1 saturated heterocycles. The zero-order chi connectivity index (χ0) is 21.6. The van der Waals surface area contributed by atoms with E-state index in [2.05, 4.69) is 25.6 Å². The number of rotatable bonds is 3. The molecule has 0 bridgehead atoms. The highest BCUT2D eigenvalue weighted by atomic mass is 35.5. The molecule has 8 nitrogen and oxygen atoms in total. The van der Waals surface area contributed by atoms with Gasteiger partial charge in [0.1, 0.15) is 11.2 Å². The van der Waals surface area contributed by atoms with Gasteiger partial charge < -0.3 is 14.7 Å². The average molecular weight is 467 g/mol. The number of H-pyrrole nitrogens is 1. The standard InChI is InChI=1S/C20H17F3N6O2.ClH/c21-20(22,23)14-4-2-1-3-12(14)18-27-28-19(31-18)13-10-25-29-15(9-16(30)26-17(13)29)11-5-7-24-8-6-11;/h1-4,9-11,24H,5-8H2,(H,26,30);1H. The Morgan fingerprint density at radius 1 is 1.06 bits per heavy atom. The van der Waals surface area contributed by atoms with Crippen LogP contribution in [0.1, 0.15) is 30.0 Å². The number of hydrogen-bond acceptors (Lipinski definition) is 6. The van der Waals surface area contributed by atoms with Crippen molar-refractivity contribution >= 4 is 18.1 Å². The summed E-state index contributed by atoms with van der Waals surface area (Å²) in [6.45, 7) is 1.69. The van der Waals surface area contributed by atoms with Crippen LogP contribution >= 0.6 is 12.4 Å². The summed E-state index contributed by atoms with van der Waals surface area (Å²) in [7, 11) is 0. The van der Waals surface area contributed by atoms with Gasteiger partial charge in [-0.2, -0.15) is 18.3 Å². The summed E-state index contributed by atoms with van der Waals surface area (Å²) in [6, 6.07) is 6.51. The Balaban J connectivity index is 0.00000245. The van der Waals surface area contributed by atoms with Crippen LogP contribution in [-0.2, 0) is 6.18 Å². The summed E-state index contributed by atoms with van der Waals surface area (Å²) in [5.41, 5.74) is 0.0934. The van der Waals surface area contributed by atoms with Crippen LogP contribution in [0.5, 0.6) is 0 Å². The number of nitrogens with one attached hydrogen (secondary N) is 2. The van der Waals surface area contributed by atoms with Gasteiger partial charge in [-0.15, -0.1) is 22.6 Å². The number of aromatic nitrogens is 5. The first-order chi connectivity index (χ1) is 14.9. The van der Waals surface area contributed by atoms with Crippen LogP contribution in [0, 0.1) is 0 Å². The Kier molecular flexibility index (Phi) is 5.78. The molecule has 3 aromatic heterocycles. The second kappa shape index (κ2) is 8.40. The molecule has 5 rings (SSSR count). The quantitative estimate of drug-likeness (QED) is 0.478. The summed E-state index contributed by atoms with van der Waals surface area (Å²) in [5, 5.41) is 15.4. The second-order valence-electron chi connectivity index (χ2n) is 7.36. The molecule has 0 atom stereocenters. The lowest BCUT2D eigenvalue weighted by molar-refractivity contribution is -0.137. The van der Waals surface area contributed by atoms with E-state index < -0.39 is 11.7 Å². The summed E-state index contributed by atoms with van der Waals surface area (Å²) < 4.78 is 47.2. The molecule has 1 aliphatic heterocycles. The maximum Gasteiger partial charge on any atom is 0.417 e. The number of fused-ring (bicyclic) bond motifs is 1. The van der Waals surface area contributed by atoms with Crippen LogP contribution in [0.3, 0.4) is 0 Å². The first-order valence-electron chi connectivity index (χ1n) is 9.74. The van der Waals surface area contributed by atoms with Gasteiger partial charge in [-0.3, -0.25) is 4.79 Å². The van der Waals surface area contributed by atoms with Crippen LogP contribution in [0.4, 0.5) is 13.2 Å². The molecule has 4 heterocycles. The predicted octanol–water partition coefficient (Wildman–Crippen LogP) is 3.65. The molecular weight excluding hydrogens is 449 g/mol. The molecule has 0 saturated carbocycles. The van der Waals surface area contributed by atoms with Crippen molar-refractivity contribution in [3.05, 3.63) is 58.1 Å². The Bertz CT molecular complexity index is 1310. The van der Waals surface area contributed by atoms with Gasteiger partial charge in [-0.25, -0.2) is 4.52 Å². The minimum atomic E-state index is -4.56. The molecule has 0 spiro atoms. The Morgan fingerprint density at radius 2 is 1.75 bits per heavy atom. The fourth-order valence-electron chi connectivity index (χ4n) is 3.94. The molecule has 0 amide bonds. The third kappa shape index (κ3) is 3.89. The van der Waals surface area contributed by atoms with E-state index in [0.29, 0.717) is 11.2 Å². The molecule has 0 aliphatic carbocycles.